The number of benzene rings is 1. The van der Waals surface area contributed by atoms with Gasteiger partial charge >= 0.3 is 6.18 Å². The van der Waals surface area contributed by atoms with Crippen molar-refractivity contribution in [2.75, 3.05) is 6.61 Å². The lowest BCUT2D eigenvalue weighted by Crippen LogP contribution is -2.45. The van der Waals surface area contributed by atoms with E-state index in [1.165, 1.54) is 12.1 Å². The van der Waals surface area contributed by atoms with E-state index in [1.807, 2.05) is 6.92 Å². The standard InChI is InChI=1S/C14H18F3NO/c1-2-19-13-7-12(8-13)18-9-10-3-5-11(6-4-10)14(15,16)17/h3-6,12-13,18H,2,7-9H2,1H3. The second-order valence-electron chi connectivity index (χ2n) is 4.82. The van der Waals surface area contributed by atoms with Crippen LogP contribution in [0.1, 0.15) is 30.9 Å². The van der Waals surface area contributed by atoms with Crippen LogP contribution >= 0.6 is 0 Å². The summed E-state index contributed by atoms with van der Waals surface area (Å²) in [5.74, 6) is 0. The van der Waals surface area contributed by atoms with Gasteiger partial charge in [-0.25, -0.2) is 0 Å². The summed E-state index contributed by atoms with van der Waals surface area (Å²) in [6, 6.07) is 5.71. The zero-order valence-electron chi connectivity index (χ0n) is 10.8. The quantitative estimate of drug-likeness (QED) is 0.888. The molecule has 1 N–H and O–H groups in total. The molecule has 0 aliphatic heterocycles. The maximum atomic E-state index is 12.4. The zero-order chi connectivity index (χ0) is 13.9. The first-order chi connectivity index (χ1) is 8.99. The topological polar surface area (TPSA) is 21.3 Å². The Morgan fingerprint density at radius 3 is 2.37 bits per heavy atom. The van der Waals surface area contributed by atoms with Gasteiger partial charge in [0.2, 0.25) is 0 Å². The van der Waals surface area contributed by atoms with Gasteiger partial charge in [-0.05, 0) is 37.5 Å². The van der Waals surface area contributed by atoms with E-state index in [1.54, 1.807) is 0 Å². The molecule has 0 heterocycles. The summed E-state index contributed by atoms with van der Waals surface area (Å²) in [4.78, 5) is 0. The van der Waals surface area contributed by atoms with Crippen LogP contribution in [-0.4, -0.2) is 18.8 Å². The Morgan fingerprint density at radius 2 is 1.84 bits per heavy atom. The van der Waals surface area contributed by atoms with Gasteiger partial charge in [-0.15, -0.1) is 0 Å². The van der Waals surface area contributed by atoms with Gasteiger partial charge in [0.1, 0.15) is 0 Å². The number of halogens is 3. The van der Waals surface area contributed by atoms with Crippen LogP contribution in [0.4, 0.5) is 13.2 Å². The van der Waals surface area contributed by atoms with Crippen LogP contribution < -0.4 is 5.32 Å². The molecule has 19 heavy (non-hydrogen) atoms. The first-order valence-electron chi connectivity index (χ1n) is 6.50. The number of alkyl halides is 3. The summed E-state index contributed by atoms with van der Waals surface area (Å²) in [5, 5.41) is 3.32. The molecule has 0 saturated heterocycles. The average molecular weight is 273 g/mol. The van der Waals surface area contributed by atoms with Crippen molar-refractivity contribution in [2.24, 2.45) is 0 Å². The smallest absolute Gasteiger partial charge is 0.378 e. The molecular weight excluding hydrogens is 255 g/mol. The maximum absolute atomic E-state index is 12.4. The van der Waals surface area contributed by atoms with Crippen LogP contribution in [-0.2, 0) is 17.5 Å². The van der Waals surface area contributed by atoms with Crippen LogP contribution in [0.15, 0.2) is 24.3 Å². The van der Waals surface area contributed by atoms with Crippen molar-refractivity contribution in [3.63, 3.8) is 0 Å². The van der Waals surface area contributed by atoms with Crippen molar-refractivity contribution in [3.8, 4) is 0 Å². The lowest BCUT2D eigenvalue weighted by Gasteiger charge is -2.35. The zero-order valence-corrected chi connectivity index (χ0v) is 10.8. The van der Waals surface area contributed by atoms with Crippen molar-refractivity contribution in [1.82, 2.24) is 5.32 Å². The van der Waals surface area contributed by atoms with E-state index in [-0.39, 0.29) is 0 Å². The first kappa shape index (κ1) is 14.3. The highest BCUT2D eigenvalue weighted by Crippen LogP contribution is 2.29. The monoisotopic (exact) mass is 273 g/mol. The van der Waals surface area contributed by atoms with E-state index in [0.29, 0.717) is 18.7 Å². The molecule has 0 radical (unpaired) electrons. The summed E-state index contributed by atoms with van der Waals surface area (Å²) in [5.41, 5.74) is 0.268. The number of rotatable bonds is 5. The van der Waals surface area contributed by atoms with Crippen LogP contribution in [0.5, 0.6) is 0 Å². The van der Waals surface area contributed by atoms with Gasteiger partial charge in [-0.1, -0.05) is 12.1 Å². The lowest BCUT2D eigenvalue weighted by molar-refractivity contribution is -0.137. The summed E-state index contributed by atoms with van der Waals surface area (Å²) < 4.78 is 42.6. The Bertz CT molecular complexity index is 396. The molecule has 0 unspecified atom stereocenters. The highest BCUT2D eigenvalue weighted by atomic mass is 19.4. The second-order valence-corrected chi connectivity index (χ2v) is 4.82. The summed E-state index contributed by atoms with van der Waals surface area (Å²) in [6.45, 7) is 3.31. The van der Waals surface area contributed by atoms with Gasteiger partial charge in [0.25, 0.3) is 0 Å². The van der Waals surface area contributed by atoms with Crippen LogP contribution in [0.3, 0.4) is 0 Å². The molecule has 1 fully saturated rings. The molecule has 5 heteroatoms. The van der Waals surface area contributed by atoms with E-state index < -0.39 is 11.7 Å². The fraction of sp³-hybridized carbons (Fsp3) is 0.571. The van der Waals surface area contributed by atoms with E-state index in [0.717, 1.165) is 37.1 Å². The molecule has 2 rings (SSSR count). The average Bonchev–Trinajstić information content (AvgIpc) is 2.31. The third-order valence-corrected chi connectivity index (χ3v) is 3.37. The Morgan fingerprint density at radius 1 is 1.21 bits per heavy atom. The molecular formula is C14H18F3NO. The van der Waals surface area contributed by atoms with Crippen LogP contribution in [0.2, 0.25) is 0 Å². The third kappa shape index (κ3) is 3.94. The van der Waals surface area contributed by atoms with Crippen molar-refractivity contribution in [1.29, 1.82) is 0 Å². The van der Waals surface area contributed by atoms with E-state index >= 15 is 0 Å². The molecule has 0 spiro atoms. The van der Waals surface area contributed by atoms with Gasteiger partial charge < -0.3 is 10.1 Å². The Labute approximate surface area is 111 Å². The molecule has 1 aliphatic carbocycles. The summed E-state index contributed by atoms with van der Waals surface area (Å²) in [6.07, 6.45) is -1.96. The highest BCUT2D eigenvalue weighted by molar-refractivity contribution is 5.24. The molecule has 0 bridgehead atoms. The fourth-order valence-corrected chi connectivity index (χ4v) is 2.18. The number of hydrogen-bond acceptors (Lipinski definition) is 2. The Hall–Kier alpha value is -1.07. The van der Waals surface area contributed by atoms with Crippen molar-refractivity contribution in [2.45, 2.75) is 44.6 Å². The second kappa shape index (κ2) is 5.92. The molecule has 1 aliphatic rings. The minimum Gasteiger partial charge on any atom is -0.378 e. The van der Waals surface area contributed by atoms with Crippen LogP contribution in [0.25, 0.3) is 0 Å². The minimum atomic E-state index is -4.26. The van der Waals surface area contributed by atoms with E-state index in [4.69, 9.17) is 4.74 Å². The molecule has 0 amide bonds. The molecule has 2 nitrogen and oxygen atoms in total. The number of hydrogen-bond donors (Lipinski definition) is 1. The van der Waals surface area contributed by atoms with Gasteiger partial charge in [0.15, 0.2) is 0 Å². The first-order valence-corrected chi connectivity index (χ1v) is 6.50. The molecule has 0 aromatic heterocycles. The van der Waals surface area contributed by atoms with E-state index in [9.17, 15) is 13.2 Å². The molecule has 1 aromatic carbocycles. The third-order valence-electron chi connectivity index (χ3n) is 3.37. The van der Waals surface area contributed by atoms with Gasteiger partial charge in [-0.2, -0.15) is 13.2 Å². The maximum Gasteiger partial charge on any atom is 0.416 e. The predicted molar refractivity (Wildman–Crippen MR) is 66.7 cm³/mol. The number of nitrogens with one attached hydrogen (secondary N) is 1. The van der Waals surface area contributed by atoms with Gasteiger partial charge in [-0.3, -0.25) is 0 Å². The van der Waals surface area contributed by atoms with Crippen molar-refractivity contribution < 1.29 is 17.9 Å². The normalized spacial score (nSPS) is 23.2. The van der Waals surface area contributed by atoms with Gasteiger partial charge in [0, 0.05) is 19.2 Å². The predicted octanol–water partition coefficient (Wildman–Crippen LogP) is 3.36. The molecule has 106 valence electrons. The van der Waals surface area contributed by atoms with Gasteiger partial charge in [0.05, 0.1) is 11.7 Å². The Balaban J connectivity index is 1.75. The van der Waals surface area contributed by atoms with Crippen molar-refractivity contribution in [3.05, 3.63) is 35.4 Å². The summed E-state index contributed by atoms with van der Waals surface area (Å²) >= 11 is 0. The largest absolute Gasteiger partial charge is 0.416 e. The minimum absolute atomic E-state index is 0.343. The van der Waals surface area contributed by atoms with Crippen molar-refractivity contribution >= 4 is 0 Å². The lowest BCUT2D eigenvalue weighted by atomic mass is 9.89. The Kier molecular flexibility index (Phi) is 4.47. The molecule has 0 atom stereocenters. The summed E-state index contributed by atoms with van der Waals surface area (Å²) in [7, 11) is 0. The number of ether oxygens (including phenoxy) is 1. The molecule has 1 aromatic rings. The highest BCUT2D eigenvalue weighted by Gasteiger charge is 2.30. The fourth-order valence-electron chi connectivity index (χ4n) is 2.18. The SMILES string of the molecule is CCOC1CC(NCc2ccc(C(F)(F)F)cc2)C1. The molecule has 1 saturated carbocycles. The van der Waals surface area contributed by atoms with Crippen LogP contribution in [0, 0.1) is 0 Å². The van der Waals surface area contributed by atoms with E-state index in [2.05, 4.69) is 5.32 Å².